The molecule has 1 aliphatic heterocycles. The highest BCUT2D eigenvalue weighted by atomic mass is 32.2. The number of nitrogens with zero attached hydrogens (tertiary/aromatic N) is 1. The highest BCUT2D eigenvalue weighted by Gasteiger charge is 2.32. The molecule has 0 aromatic heterocycles. The van der Waals surface area contributed by atoms with Gasteiger partial charge in [-0.1, -0.05) is 0 Å². The van der Waals surface area contributed by atoms with Crippen molar-refractivity contribution in [3.63, 3.8) is 0 Å². The number of sulfonamides is 1. The molecule has 0 bridgehead atoms. The first kappa shape index (κ1) is 15.3. The summed E-state index contributed by atoms with van der Waals surface area (Å²) in [5.41, 5.74) is 5.68. The number of carbonyl (C=O) groups is 2. The molecule has 0 aliphatic carbocycles. The Morgan fingerprint density at radius 2 is 2.14 bits per heavy atom. The van der Waals surface area contributed by atoms with E-state index in [0.717, 1.165) is 11.4 Å². The smallest absolute Gasteiger partial charge is 0.339 e. The van der Waals surface area contributed by atoms with E-state index in [1.54, 1.807) is 0 Å². The Morgan fingerprint density at radius 1 is 1.43 bits per heavy atom. The van der Waals surface area contributed by atoms with Crippen LogP contribution in [0, 0.1) is 0 Å². The Labute approximate surface area is 121 Å². The van der Waals surface area contributed by atoms with Gasteiger partial charge in [-0.15, -0.1) is 0 Å². The zero-order valence-corrected chi connectivity index (χ0v) is 12.1. The predicted octanol–water partition coefficient (Wildman–Crippen LogP) is -0.824. The molecular weight excluding hydrogens is 298 g/mol. The van der Waals surface area contributed by atoms with Crippen LogP contribution >= 0.6 is 0 Å². The lowest BCUT2D eigenvalue weighted by Crippen LogP contribution is -2.50. The summed E-state index contributed by atoms with van der Waals surface area (Å²) >= 11 is 0. The van der Waals surface area contributed by atoms with Crippen LogP contribution in [0.15, 0.2) is 23.1 Å². The van der Waals surface area contributed by atoms with Crippen LogP contribution in [0.3, 0.4) is 0 Å². The Kier molecular flexibility index (Phi) is 4.14. The van der Waals surface area contributed by atoms with Crippen LogP contribution in [0.2, 0.25) is 0 Å². The average Bonchev–Trinajstić information content (AvgIpc) is 2.46. The molecule has 1 saturated heterocycles. The van der Waals surface area contributed by atoms with E-state index < -0.39 is 16.0 Å². The number of ether oxygens (including phenoxy) is 1. The van der Waals surface area contributed by atoms with Gasteiger partial charge in [0.25, 0.3) is 0 Å². The van der Waals surface area contributed by atoms with Crippen molar-refractivity contribution in [1.82, 2.24) is 9.62 Å². The van der Waals surface area contributed by atoms with Crippen LogP contribution in [-0.2, 0) is 19.6 Å². The van der Waals surface area contributed by atoms with Gasteiger partial charge in [0.15, 0.2) is 0 Å². The van der Waals surface area contributed by atoms with Crippen molar-refractivity contribution in [1.29, 1.82) is 0 Å². The number of nitrogens with one attached hydrogen (secondary N) is 1. The summed E-state index contributed by atoms with van der Waals surface area (Å²) in [4.78, 5) is 22.9. The van der Waals surface area contributed by atoms with Crippen molar-refractivity contribution in [2.24, 2.45) is 0 Å². The van der Waals surface area contributed by atoms with Gasteiger partial charge < -0.3 is 15.8 Å². The second kappa shape index (κ2) is 5.70. The van der Waals surface area contributed by atoms with Gasteiger partial charge in [0, 0.05) is 18.8 Å². The first-order chi connectivity index (χ1) is 9.86. The van der Waals surface area contributed by atoms with E-state index in [0.29, 0.717) is 0 Å². The van der Waals surface area contributed by atoms with E-state index in [1.165, 1.54) is 18.2 Å². The average molecular weight is 313 g/mol. The minimum atomic E-state index is -3.98. The fourth-order valence-corrected chi connectivity index (χ4v) is 3.56. The first-order valence-electron chi connectivity index (χ1n) is 6.11. The van der Waals surface area contributed by atoms with Gasteiger partial charge >= 0.3 is 5.97 Å². The van der Waals surface area contributed by atoms with Crippen molar-refractivity contribution in [2.45, 2.75) is 4.90 Å². The van der Waals surface area contributed by atoms with Crippen LogP contribution in [0.25, 0.3) is 0 Å². The molecule has 2 rings (SSSR count). The number of methoxy groups -OCH3 is 1. The predicted molar refractivity (Wildman–Crippen MR) is 74.0 cm³/mol. The van der Waals surface area contributed by atoms with Gasteiger partial charge in [-0.2, -0.15) is 4.31 Å². The molecule has 0 atom stereocenters. The lowest BCUT2D eigenvalue weighted by molar-refractivity contribution is -0.122. The largest absolute Gasteiger partial charge is 0.465 e. The maximum atomic E-state index is 12.6. The normalized spacial score (nSPS) is 16.3. The van der Waals surface area contributed by atoms with E-state index in [2.05, 4.69) is 10.1 Å². The molecule has 21 heavy (non-hydrogen) atoms. The third-order valence-electron chi connectivity index (χ3n) is 3.03. The van der Waals surface area contributed by atoms with Crippen molar-refractivity contribution < 1.29 is 22.7 Å². The number of nitrogens with two attached hydrogens (primary N) is 1. The summed E-state index contributed by atoms with van der Waals surface area (Å²) in [6.45, 7) is 0.0764. The topological polar surface area (TPSA) is 119 Å². The Morgan fingerprint density at radius 3 is 2.76 bits per heavy atom. The number of hydrogen-bond acceptors (Lipinski definition) is 6. The molecule has 1 fully saturated rings. The molecule has 1 amide bonds. The molecule has 1 heterocycles. The number of piperazine rings is 1. The Balaban J connectivity index is 2.49. The van der Waals surface area contributed by atoms with Crippen molar-refractivity contribution in [3.05, 3.63) is 23.8 Å². The maximum Gasteiger partial charge on any atom is 0.339 e. The summed E-state index contributed by atoms with van der Waals surface area (Å²) in [6.07, 6.45) is 0. The molecule has 0 unspecified atom stereocenters. The second-order valence-corrected chi connectivity index (χ2v) is 6.34. The number of rotatable bonds is 3. The fraction of sp³-hybridized carbons (Fsp3) is 0.333. The van der Waals surface area contributed by atoms with Crippen LogP contribution in [-0.4, -0.2) is 51.3 Å². The van der Waals surface area contributed by atoms with Gasteiger partial charge in [-0.25, -0.2) is 13.2 Å². The van der Waals surface area contributed by atoms with Crippen LogP contribution in [0.1, 0.15) is 10.4 Å². The van der Waals surface area contributed by atoms with Crippen molar-refractivity contribution in [3.8, 4) is 0 Å². The Hall–Kier alpha value is -2.13. The van der Waals surface area contributed by atoms with E-state index in [4.69, 9.17) is 5.73 Å². The number of hydrogen-bond donors (Lipinski definition) is 2. The van der Waals surface area contributed by atoms with Gasteiger partial charge in [0.1, 0.15) is 0 Å². The standard InChI is InChI=1S/C12H15N3O5S/c1-20-12(17)9-6-8(13)2-3-10(9)21(18,19)15-5-4-14-11(16)7-15/h2-3,6H,4-5,7,13H2,1H3,(H,14,16). The molecule has 1 aliphatic rings. The molecule has 9 heteroatoms. The number of carbonyl (C=O) groups excluding carboxylic acids is 2. The number of amides is 1. The summed E-state index contributed by atoms with van der Waals surface area (Å²) in [5, 5.41) is 2.54. The highest BCUT2D eigenvalue weighted by Crippen LogP contribution is 2.23. The van der Waals surface area contributed by atoms with Gasteiger partial charge in [-0.05, 0) is 18.2 Å². The molecule has 114 valence electrons. The number of benzene rings is 1. The quantitative estimate of drug-likeness (QED) is 0.555. The zero-order chi connectivity index (χ0) is 15.6. The minimum absolute atomic E-state index is 0.138. The third kappa shape index (κ3) is 2.98. The third-order valence-corrected chi connectivity index (χ3v) is 4.93. The summed E-state index contributed by atoms with van der Waals surface area (Å²) < 4.78 is 30.8. The molecule has 8 nitrogen and oxygen atoms in total. The van der Waals surface area contributed by atoms with E-state index in [1.807, 2.05) is 0 Å². The number of nitrogen functional groups attached to an aromatic ring is 1. The molecule has 0 saturated carbocycles. The minimum Gasteiger partial charge on any atom is -0.465 e. The lowest BCUT2D eigenvalue weighted by atomic mass is 10.2. The monoisotopic (exact) mass is 313 g/mol. The summed E-state index contributed by atoms with van der Waals surface area (Å²) in [7, 11) is -2.83. The molecule has 1 aromatic rings. The first-order valence-corrected chi connectivity index (χ1v) is 7.55. The summed E-state index contributed by atoms with van der Waals surface area (Å²) in [5.74, 6) is -1.19. The van der Waals surface area contributed by atoms with E-state index in [-0.39, 0.29) is 41.7 Å². The van der Waals surface area contributed by atoms with Crippen molar-refractivity contribution in [2.75, 3.05) is 32.5 Å². The van der Waals surface area contributed by atoms with Crippen LogP contribution in [0.4, 0.5) is 5.69 Å². The van der Waals surface area contributed by atoms with Gasteiger partial charge in [-0.3, -0.25) is 4.79 Å². The number of anilines is 1. The zero-order valence-electron chi connectivity index (χ0n) is 11.3. The van der Waals surface area contributed by atoms with Crippen LogP contribution in [0.5, 0.6) is 0 Å². The van der Waals surface area contributed by atoms with Gasteiger partial charge in [0.05, 0.1) is 24.1 Å². The molecule has 0 spiro atoms. The fourth-order valence-electron chi connectivity index (χ4n) is 2.00. The lowest BCUT2D eigenvalue weighted by Gasteiger charge is -2.26. The molecule has 0 radical (unpaired) electrons. The van der Waals surface area contributed by atoms with E-state index in [9.17, 15) is 18.0 Å². The van der Waals surface area contributed by atoms with Gasteiger partial charge in [0.2, 0.25) is 15.9 Å². The SMILES string of the molecule is COC(=O)c1cc(N)ccc1S(=O)(=O)N1CCNC(=O)C1. The highest BCUT2D eigenvalue weighted by molar-refractivity contribution is 7.89. The second-order valence-electron chi connectivity index (χ2n) is 4.44. The maximum absolute atomic E-state index is 12.6. The van der Waals surface area contributed by atoms with E-state index >= 15 is 0 Å². The van der Waals surface area contributed by atoms with Crippen molar-refractivity contribution >= 4 is 27.6 Å². The molecule has 3 N–H and O–H groups in total. The number of esters is 1. The molecule has 1 aromatic carbocycles. The van der Waals surface area contributed by atoms with Crippen LogP contribution < -0.4 is 11.1 Å². The summed E-state index contributed by atoms with van der Waals surface area (Å²) in [6, 6.07) is 3.86. The Bertz CT molecular complexity index is 686. The molecular formula is C12H15N3O5S.